The van der Waals surface area contributed by atoms with Crippen molar-refractivity contribution in [2.45, 2.75) is 38.1 Å². The molecule has 1 heterocycles. The van der Waals surface area contributed by atoms with E-state index >= 15 is 0 Å². The predicted octanol–water partition coefficient (Wildman–Crippen LogP) is 2.62. The number of fused-ring (bicyclic) bond motifs is 1. The van der Waals surface area contributed by atoms with Gasteiger partial charge in [0.2, 0.25) is 0 Å². The minimum atomic E-state index is 0.274. The number of anilines is 1. The Balaban J connectivity index is 1.91. The summed E-state index contributed by atoms with van der Waals surface area (Å²) in [5, 5.41) is 0. The van der Waals surface area contributed by atoms with Gasteiger partial charge >= 0.3 is 0 Å². The summed E-state index contributed by atoms with van der Waals surface area (Å²) in [6.45, 7) is 2.45. The summed E-state index contributed by atoms with van der Waals surface area (Å²) in [6.07, 6.45) is 6.30. The average Bonchev–Trinajstić information content (AvgIpc) is 2.82. The Morgan fingerprint density at radius 1 is 1.12 bits per heavy atom. The van der Waals surface area contributed by atoms with E-state index in [0.29, 0.717) is 0 Å². The fourth-order valence-corrected chi connectivity index (χ4v) is 3.01. The highest BCUT2D eigenvalue weighted by molar-refractivity contribution is 5.52. The zero-order chi connectivity index (χ0) is 11.0. The lowest BCUT2D eigenvalue weighted by molar-refractivity contribution is 0.570. The Morgan fingerprint density at radius 2 is 1.94 bits per heavy atom. The normalized spacial score (nSPS) is 24.6. The third-order valence-electron chi connectivity index (χ3n) is 3.96. The summed E-state index contributed by atoms with van der Waals surface area (Å²) in [5.74, 6) is 0. The molecule has 0 saturated carbocycles. The first-order valence-corrected chi connectivity index (χ1v) is 6.48. The molecular weight excluding hydrogens is 196 g/mol. The van der Waals surface area contributed by atoms with Gasteiger partial charge in [0.1, 0.15) is 0 Å². The molecule has 16 heavy (non-hydrogen) atoms. The zero-order valence-corrected chi connectivity index (χ0v) is 9.78. The third kappa shape index (κ3) is 1.71. The molecule has 2 N–H and O–H groups in total. The summed E-state index contributed by atoms with van der Waals surface area (Å²) < 4.78 is 0. The first-order valence-electron chi connectivity index (χ1n) is 6.48. The van der Waals surface area contributed by atoms with E-state index in [4.69, 9.17) is 5.73 Å². The number of nitrogens with two attached hydrogens (primary N) is 1. The predicted molar refractivity (Wildman–Crippen MR) is 67.8 cm³/mol. The number of hydrogen-bond acceptors (Lipinski definition) is 2. The average molecular weight is 216 g/mol. The molecule has 2 aliphatic rings. The lowest BCUT2D eigenvalue weighted by Crippen LogP contribution is -2.20. The Labute approximate surface area is 97.4 Å². The van der Waals surface area contributed by atoms with Crippen molar-refractivity contribution in [1.82, 2.24) is 0 Å². The number of benzene rings is 1. The van der Waals surface area contributed by atoms with Crippen LogP contribution in [0, 0.1) is 0 Å². The van der Waals surface area contributed by atoms with Crippen molar-refractivity contribution in [1.29, 1.82) is 0 Å². The summed E-state index contributed by atoms with van der Waals surface area (Å²) >= 11 is 0. The molecule has 2 nitrogen and oxygen atoms in total. The van der Waals surface area contributed by atoms with Gasteiger partial charge in [-0.05, 0) is 55.4 Å². The quantitative estimate of drug-likeness (QED) is 0.782. The summed E-state index contributed by atoms with van der Waals surface area (Å²) in [7, 11) is 0. The topological polar surface area (TPSA) is 29.3 Å². The number of hydrogen-bond donors (Lipinski definition) is 1. The smallest absolute Gasteiger partial charge is 0.0369 e. The second-order valence-electron chi connectivity index (χ2n) is 5.08. The highest BCUT2D eigenvalue weighted by atomic mass is 15.1. The molecule has 1 aromatic rings. The van der Waals surface area contributed by atoms with Crippen molar-refractivity contribution in [2.24, 2.45) is 5.73 Å². The van der Waals surface area contributed by atoms with E-state index < -0.39 is 0 Å². The highest BCUT2D eigenvalue weighted by Crippen LogP contribution is 2.31. The number of nitrogens with zero attached hydrogens (tertiary/aromatic N) is 1. The van der Waals surface area contributed by atoms with Crippen LogP contribution in [0.1, 0.15) is 42.9 Å². The van der Waals surface area contributed by atoms with Crippen LogP contribution in [0.3, 0.4) is 0 Å². The summed E-state index contributed by atoms with van der Waals surface area (Å²) in [6, 6.07) is 7.17. The van der Waals surface area contributed by atoms with E-state index in [-0.39, 0.29) is 6.04 Å². The van der Waals surface area contributed by atoms with Crippen LogP contribution in [-0.4, -0.2) is 13.1 Å². The largest absolute Gasteiger partial charge is 0.372 e. The van der Waals surface area contributed by atoms with Crippen LogP contribution in [0.2, 0.25) is 0 Å². The molecule has 3 rings (SSSR count). The second-order valence-corrected chi connectivity index (χ2v) is 5.08. The summed E-state index contributed by atoms with van der Waals surface area (Å²) in [4.78, 5) is 2.50. The molecule has 1 saturated heterocycles. The van der Waals surface area contributed by atoms with Gasteiger partial charge in [-0.3, -0.25) is 0 Å². The highest BCUT2D eigenvalue weighted by Gasteiger charge is 2.19. The van der Waals surface area contributed by atoms with Crippen LogP contribution in [0.5, 0.6) is 0 Å². The van der Waals surface area contributed by atoms with Crippen molar-refractivity contribution in [3.05, 3.63) is 29.3 Å². The number of rotatable bonds is 1. The van der Waals surface area contributed by atoms with Gasteiger partial charge in [0.15, 0.2) is 0 Å². The fourth-order valence-electron chi connectivity index (χ4n) is 3.01. The molecule has 1 aliphatic heterocycles. The molecule has 1 atom stereocenters. The molecule has 2 heteroatoms. The van der Waals surface area contributed by atoms with Crippen molar-refractivity contribution in [3.63, 3.8) is 0 Å². The maximum atomic E-state index is 6.14. The Bertz CT molecular complexity index is 380. The zero-order valence-electron chi connectivity index (χ0n) is 9.78. The van der Waals surface area contributed by atoms with Crippen LogP contribution < -0.4 is 10.6 Å². The molecule has 86 valence electrons. The standard InChI is InChI=1S/C14H20N2/c15-14-5-3-4-11-10-12(6-7-13(11)14)16-8-1-2-9-16/h6-7,10,14H,1-5,8-9,15H2. The molecule has 1 aromatic carbocycles. The minimum absolute atomic E-state index is 0.274. The van der Waals surface area contributed by atoms with Crippen LogP contribution in [0.25, 0.3) is 0 Å². The SMILES string of the molecule is NC1CCCc2cc(N3CCCC3)ccc21. The van der Waals surface area contributed by atoms with E-state index in [1.54, 1.807) is 0 Å². The molecule has 0 amide bonds. The maximum Gasteiger partial charge on any atom is 0.0369 e. The first-order chi connectivity index (χ1) is 7.84. The van der Waals surface area contributed by atoms with Crippen LogP contribution in [0.4, 0.5) is 5.69 Å². The van der Waals surface area contributed by atoms with Crippen molar-refractivity contribution in [2.75, 3.05) is 18.0 Å². The third-order valence-corrected chi connectivity index (χ3v) is 3.96. The van der Waals surface area contributed by atoms with Gasteiger partial charge in [0, 0.05) is 24.8 Å². The van der Waals surface area contributed by atoms with E-state index in [1.165, 1.54) is 55.6 Å². The molecular formula is C14H20N2. The van der Waals surface area contributed by atoms with Crippen LogP contribution >= 0.6 is 0 Å². The lowest BCUT2D eigenvalue weighted by atomic mass is 9.88. The lowest BCUT2D eigenvalue weighted by Gasteiger charge is -2.25. The van der Waals surface area contributed by atoms with Crippen LogP contribution in [-0.2, 0) is 6.42 Å². The Hall–Kier alpha value is -1.02. The van der Waals surface area contributed by atoms with E-state index in [1.807, 2.05) is 0 Å². The van der Waals surface area contributed by atoms with Gasteiger partial charge in [-0.2, -0.15) is 0 Å². The van der Waals surface area contributed by atoms with E-state index in [9.17, 15) is 0 Å². The van der Waals surface area contributed by atoms with Gasteiger partial charge in [-0.1, -0.05) is 6.07 Å². The Kier molecular flexibility index (Phi) is 2.60. The maximum absolute atomic E-state index is 6.14. The van der Waals surface area contributed by atoms with Crippen molar-refractivity contribution in [3.8, 4) is 0 Å². The number of aryl methyl sites for hydroxylation is 1. The Morgan fingerprint density at radius 3 is 2.75 bits per heavy atom. The fraction of sp³-hybridized carbons (Fsp3) is 0.571. The van der Waals surface area contributed by atoms with E-state index in [2.05, 4.69) is 23.1 Å². The molecule has 1 unspecified atom stereocenters. The van der Waals surface area contributed by atoms with Gasteiger partial charge in [-0.25, -0.2) is 0 Å². The molecule has 0 spiro atoms. The first kappa shape index (κ1) is 10.2. The van der Waals surface area contributed by atoms with Crippen molar-refractivity contribution >= 4 is 5.69 Å². The molecule has 0 radical (unpaired) electrons. The van der Waals surface area contributed by atoms with E-state index in [0.717, 1.165) is 6.42 Å². The van der Waals surface area contributed by atoms with Gasteiger partial charge in [0.05, 0.1) is 0 Å². The summed E-state index contributed by atoms with van der Waals surface area (Å²) in [5.41, 5.74) is 10.4. The molecule has 0 aromatic heterocycles. The molecule has 1 fully saturated rings. The van der Waals surface area contributed by atoms with Gasteiger partial charge in [-0.15, -0.1) is 0 Å². The van der Waals surface area contributed by atoms with Gasteiger partial charge < -0.3 is 10.6 Å². The van der Waals surface area contributed by atoms with Gasteiger partial charge in [0.25, 0.3) is 0 Å². The van der Waals surface area contributed by atoms with Crippen LogP contribution in [0.15, 0.2) is 18.2 Å². The molecule has 0 bridgehead atoms. The minimum Gasteiger partial charge on any atom is -0.372 e. The monoisotopic (exact) mass is 216 g/mol. The van der Waals surface area contributed by atoms with Crippen molar-refractivity contribution < 1.29 is 0 Å². The molecule has 1 aliphatic carbocycles. The second kappa shape index (κ2) is 4.10.